The first-order valence-corrected chi connectivity index (χ1v) is 10.7. The van der Waals surface area contributed by atoms with Crippen molar-refractivity contribution < 1.29 is 19.1 Å². The number of likely N-dealkylation sites (tertiary alicyclic amines) is 2. The summed E-state index contributed by atoms with van der Waals surface area (Å²) in [6, 6.07) is 0. The number of aromatic nitrogens is 2. The SMILES string of the molecule is Cc1cnc(C(=O)N2CCC3(CC2)CC(OCC(=O)N2CCCC2)CCO3)cn1. The highest BCUT2D eigenvalue weighted by Gasteiger charge is 2.42. The minimum Gasteiger partial charge on any atom is -0.375 e. The molecule has 1 unspecified atom stereocenters. The van der Waals surface area contributed by atoms with Gasteiger partial charge in [0.2, 0.25) is 5.91 Å². The van der Waals surface area contributed by atoms with E-state index < -0.39 is 0 Å². The molecule has 3 fully saturated rings. The summed E-state index contributed by atoms with van der Waals surface area (Å²) in [5.41, 5.74) is 0.928. The monoisotopic (exact) mass is 402 g/mol. The molecular weight excluding hydrogens is 372 g/mol. The summed E-state index contributed by atoms with van der Waals surface area (Å²) < 4.78 is 12.1. The van der Waals surface area contributed by atoms with Crippen LogP contribution in [0.3, 0.4) is 0 Å². The molecule has 2 amide bonds. The fraction of sp³-hybridized carbons (Fsp3) is 0.714. The number of piperidine rings is 1. The second kappa shape index (κ2) is 8.75. The van der Waals surface area contributed by atoms with E-state index in [1.165, 1.54) is 0 Å². The zero-order valence-electron chi connectivity index (χ0n) is 17.1. The number of rotatable bonds is 4. The normalized spacial score (nSPS) is 24.1. The van der Waals surface area contributed by atoms with E-state index in [-0.39, 0.29) is 30.1 Å². The van der Waals surface area contributed by atoms with Crippen LogP contribution in [0.2, 0.25) is 0 Å². The number of carbonyl (C=O) groups excluding carboxylic acids is 2. The van der Waals surface area contributed by atoms with Crippen LogP contribution in [0.1, 0.15) is 54.7 Å². The van der Waals surface area contributed by atoms with Gasteiger partial charge in [0.25, 0.3) is 5.91 Å². The fourth-order valence-corrected chi connectivity index (χ4v) is 4.50. The first kappa shape index (κ1) is 20.2. The maximum atomic E-state index is 12.7. The van der Waals surface area contributed by atoms with E-state index in [2.05, 4.69) is 9.97 Å². The van der Waals surface area contributed by atoms with Gasteiger partial charge in [0.05, 0.1) is 23.6 Å². The molecule has 0 N–H and O–H groups in total. The van der Waals surface area contributed by atoms with Crippen LogP contribution in [0, 0.1) is 6.92 Å². The second-order valence-electron chi connectivity index (χ2n) is 8.38. The van der Waals surface area contributed by atoms with Crippen LogP contribution in [0.15, 0.2) is 12.4 Å². The summed E-state index contributed by atoms with van der Waals surface area (Å²) in [5.74, 6) is 0.0230. The number of hydrogen-bond donors (Lipinski definition) is 0. The van der Waals surface area contributed by atoms with Gasteiger partial charge >= 0.3 is 0 Å². The van der Waals surface area contributed by atoms with Gasteiger partial charge in [-0.1, -0.05) is 0 Å². The number of carbonyl (C=O) groups is 2. The molecule has 8 heteroatoms. The van der Waals surface area contributed by atoms with Gasteiger partial charge < -0.3 is 19.3 Å². The molecule has 0 radical (unpaired) electrons. The summed E-state index contributed by atoms with van der Waals surface area (Å²) >= 11 is 0. The van der Waals surface area contributed by atoms with E-state index in [4.69, 9.17) is 9.47 Å². The lowest BCUT2D eigenvalue weighted by Gasteiger charge is -2.46. The van der Waals surface area contributed by atoms with Crippen molar-refractivity contribution in [3.05, 3.63) is 23.8 Å². The number of nitrogens with zero attached hydrogens (tertiary/aromatic N) is 4. The Labute approximate surface area is 171 Å². The van der Waals surface area contributed by atoms with E-state index in [0.29, 0.717) is 25.4 Å². The van der Waals surface area contributed by atoms with Crippen molar-refractivity contribution in [2.75, 3.05) is 39.4 Å². The van der Waals surface area contributed by atoms with E-state index >= 15 is 0 Å². The average Bonchev–Trinajstić information content (AvgIpc) is 3.28. The van der Waals surface area contributed by atoms with E-state index in [1.54, 1.807) is 12.4 Å². The fourth-order valence-electron chi connectivity index (χ4n) is 4.50. The third kappa shape index (κ3) is 4.75. The van der Waals surface area contributed by atoms with Crippen molar-refractivity contribution in [2.24, 2.45) is 0 Å². The van der Waals surface area contributed by atoms with Gasteiger partial charge in [-0.05, 0) is 39.0 Å². The first-order valence-electron chi connectivity index (χ1n) is 10.7. The predicted octanol–water partition coefficient (Wildman–Crippen LogP) is 1.58. The van der Waals surface area contributed by atoms with Crippen LogP contribution in [0.5, 0.6) is 0 Å². The maximum absolute atomic E-state index is 12.7. The third-order valence-electron chi connectivity index (χ3n) is 6.31. The number of amides is 2. The Bertz CT molecular complexity index is 725. The Kier molecular flexibility index (Phi) is 6.10. The van der Waals surface area contributed by atoms with Gasteiger partial charge in [-0.2, -0.15) is 0 Å². The lowest BCUT2D eigenvalue weighted by molar-refractivity contribution is -0.161. The standard InChI is InChI=1S/C21H30N4O4/c1-16-13-23-18(14-22-16)20(27)25-9-5-21(6-10-25)12-17(4-11-29-21)28-15-19(26)24-7-2-3-8-24/h13-14,17H,2-12,15H2,1H3. The second-order valence-corrected chi connectivity index (χ2v) is 8.38. The molecule has 4 heterocycles. The molecule has 158 valence electrons. The van der Waals surface area contributed by atoms with Crippen molar-refractivity contribution in [1.82, 2.24) is 19.8 Å². The molecular formula is C21H30N4O4. The van der Waals surface area contributed by atoms with Gasteiger partial charge in [0.15, 0.2) is 0 Å². The van der Waals surface area contributed by atoms with Crippen LogP contribution in [-0.2, 0) is 14.3 Å². The quantitative estimate of drug-likeness (QED) is 0.760. The molecule has 4 rings (SSSR count). The van der Waals surface area contributed by atoms with Crippen molar-refractivity contribution >= 4 is 11.8 Å². The number of hydrogen-bond acceptors (Lipinski definition) is 6. The highest BCUT2D eigenvalue weighted by atomic mass is 16.5. The van der Waals surface area contributed by atoms with Crippen LogP contribution < -0.4 is 0 Å². The smallest absolute Gasteiger partial charge is 0.274 e. The van der Waals surface area contributed by atoms with Gasteiger partial charge in [0, 0.05) is 45.4 Å². The Hall–Kier alpha value is -2.06. The molecule has 3 aliphatic heterocycles. The van der Waals surface area contributed by atoms with Gasteiger partial charge in [-0.15, -0.1) is 0 Å². The summed E-state index contributed by atoms with van der Waals surface area (Å²) in [6.07, 6.45) is 8.54. The first-order chi connectivity index (χ1) is 14.0. The topological polar surface area (TPSA) is 84.9 Å². The molecule has 3 aliphatic rings. The summed E-state index contributed by atoms with van der Waals surface area (Å²) in [6.45, 7) is 5.63. The van der Waals surface area contributed by atoms with Crippen molar-refractivity contribution in [3.8, 4) is 0 Å². The van der Waals surface area contributed by atoms with E-state index in [9.17, 15) is 9.59 Å². The average molecular weight is 402 g/mol. The van der Waals surface area contributed by atoms with Gasteiger partial charge in [0.1, 0.15) is 12.3 Å². The molecule has 0 saturated carbocycles. The molecule has 29 heavy (non-hydrogen) atoms. The zero-order valence-corrected chi connectivity index (χ0v) is 17.1. The summed E-state index contributed by atoms with van der Waals surface area (Å²) in [7, 11) is 0. The van der Waals surface area contributed by atoms with E-state index in [1.807, 2.05) is 16.7 Å². The Morgan fingerprint density at radius 1 is 1.14 bits per heavy atom. The molecule has 0 aliphatic carbocycles. The predicted molar refractivity (Wildman–Crippen MR) is 105 cm³/mol. The Balaban J connectivity index is 1.27. The lowest BCUT2D eigenvalue weighted by Crippen LogP contribution is -2.52. The van der Waals surface area contributed by atoms with Crippen LogP contribution in [0.4, 0.5) is 0 Å². The molecule has 0 aromatic carbocycles. The number of aryl methyl sites for hydroxylation is 1. The molecule has 1 spiro atoms. The Morgan fingerprint density at radius 2 is 1.90 bits per heavy atom. The molecule has 8 nitrogen and oxygen atoms in total. The van der Waals surface area contributed by atoms with Crippen molar-refractivity contribution in [3.63, 3.8) is 0 Å². The largest absolute Gasteiger partial charge is 0.375 e. The molecule has 1 aromatic rings. The van der Waals surface area contributed by atoms with E-state index in [0.717, 1.165) is 57.3 Å². The highest BCUT2D eigenvalue weighted by molar-refractivity contribution is 5.92. The minimum absolute atomic E-state index is 0.0421. The molecule has 3 saturated heterocycles. The summed E-state index contributed by atoms with van der Waals surface area (Å²) in [4.78, 5) is 37.0. The number of ether oxygens (including phenoxy) is 2. The highest BCUT2D eigenvalue weighted by Crippen LogP contribution is 2.36. The minimum atomic E-state index is -0.255. The Morgan fingerprint density at radius 3 is 2.59 bits per heavy atom. The lowest BCUT2D eigenvalue weighted by atomic mass is 9.83. The van der Waals surface area contributed by atoms with Gasteiger partial charge in [-0.25, -0.2) is 4.98 Å². The molecule has 1 aromatic heterocycles. The zero-order chi connectivity index (χ0) is 20.3. The van der Waals surface area contributed by atoms with Crippen LogP contribution >= 0.6 is 0 Å². The summed E-state index contributed by atoms with van der Waals surface area (Å²) in [5, 5.41) is 0. The molecule has 1 atom stereocenters. The van der Waals surface area contributed by atoms with Crippen LogP contribution in [0.25, 0.3) is 0 Å². The van der Waals surface area contributed by atoms with Gasteiger partial charge in [-0.3, -0.25) is 14.6 Å². The van der Waals surface area contributed by atoms with Crippen molar-refractivity contribution in [2.45, 2.75) is 57.2 Å². The van der Waals surface area contributed by atoms with Crippen molar-refractivity contribution in [1.29, 1.82) is 0 Å². The third-order valence-corrected chi connectivity index (χ3v) is 6.31. The maximum Gasteiger partial charge on any atom is 0.274 e. The molecule has 0 bridgehead atoms. The van der Waals surface area contributed by atoms with Crippen LogP contribution in [-0.4, -0.2) is 82.7 Å².